The van der Waals surface area contributed by atoms with Crippen LogP contribution in [0.25, 0.3) is 11.5 Å². The van der Waals surface area contributed by atoms with E-state index in [1.54, 1.807) is 30.5 Å². The number of benzene rings is 1. The summed E-state index contributed by atoms with van der Waals surface area (Å²) in [4.78, 5) is 18.7. The predicted molar refractivity (Wildman–Crippen MR) is 115 cm³/mol. The van der Waals surface area contributed by atoms with Crippen LogP contribution in [0.1, 0.15) is 36.0 Å². The van der Waals surface area contributed by atoms with Crippen LogP contribution in [-0.2, 0) is 0 Å². The lowest BCUT2D eigenvalue weighted by atomic mass is 10.1. The largest absolute Gasteiger partial charge is 0.403 e. The Morgan fingerprint density at radius 2 is 1.90 bits per heavy atom. The topological polar surface area (TPSA) is 96.2 Å². The van der Waals surface area contributed by atoms with E-state index in [-0.39, 0.29) is 5.91 Å². The van der Waals surface area contributed by atoms with E-state index in [2.05, 4.69) is 30.7 Å². The van der Waals surface area contributed by atoms with Crippen LogP contribution >= 0.6 is 0 Å². The van der Waals surface area contributed by atoms with Crippen molar-refractivity contribution in [3.8, 4) is 11.5 Å². The summed E-state index contributed by atoms with van der Waals surface area (Å²) in [6.45, 7) is 4.32. The fourth-order valence-electron chi connectivity index (χ4n) is 3.49. The molecule has 1 aromatic carbocycles. The van der Waals surface area contributed by atoms with E-state index in [4.69, 9.17) is 4.42 Å². The Morgan fingerprint density at radius 3 is 2.67 bits per heavy atom. The standard InChI is InChI=1S/C22H26N6O2/c29-20(18-6-4-11-23-16-18)25-19-9-7-17(8-10-19)21-26-27-22(30-21)24-12-5-15-28-13-2-1-3-14-28/h4,6-11,16H,1-3,5,12-15H2,(H,24,27)(H,25,29). The molecule has 0 saturated carbocycles. The first-order valence-corrected chi connectivity index (χ1v) is 10.4. The maximum absolute atomic E-state index is 12.2. The summed E-state index contributed by atoms with van der Waals surface area (Å²) in [7, 11) is 0. The van der Waals surface area contributed by atoms with Crippen LogP contribution in [0.5, 0.6) is 0 Å². The van der Waals surface area contributed by atoms with Crippen LogP contribution in [0, 0.1) is 0 Å². The molecule has 3 heterocycles. The molecule has 0 spiro atoms. The Bertz CT molecular complexity index is 936. The Hall–Kier alpha value is -3.26. The van der Waals surface area contributed by atoms with Gasteiger partial charge >= 0.3 is 6.01 Å². The summed E-state index contributed by atoms with van der Waals surface area (Å²) in [5, 5.41) is 14.2. The highest BCUT2D eigenvalue weighted by atomic mass is 16.4. The van der Waals surface area contributed by atoms with Crippen LogP contribution < -0.4 is 10.6 Å². The van der Waals surface area contributed by atoms with Gasteiger partial charge in [0.05, 0.1) is 5.56 Å². The molecule has 2 aromatic heterocycles. The molecule has 0 unspecified atom stereocenters. The fourth-order valence-corrected chi connectivity index (χ4v) is 3.49. The first kappa shape index (κ1) is 20.0. The number of hydrogen-bond donors (Lipinski definition) is 2. The van der Waals surface area contributed by atoms with Crippen LogP contribution in [-0.4, -0.2) is 52.2 Å². The van der Waals surface area contributed by atoms with Gasteiger partial charge in [-0.25, -0.2) is 0 Å². The Labute approximate surface area is 175 Å². The van der Waals surface area contributed by atoms with Gasteiger partial charge in [-0.2, -0.15) is 0 Å². The summed E-state index contributed by atoms with van der Waals surface area (Å²) in [6, 6.07) is 11.2. The fraction of sp³-hybridized carbons (Fsp3) is 0.364. The quantitative estimate of drug-likeness (QED) is 0.551. The molecule has 3 aromatic rings. The van der Waals surface area contributed by atoms with Gasteiger partial charge in [-0.3, -0.25) is 9.78 Å². The zero-order valence-corrected chi connectivity index (χ0v) is 16.9. The second-order valence-electron chi connectivity index (χ2n) is 7.37. The second kappa shape index (κ2) is 9.98. The molecular weight excluding hydrogens is 380 g/mol. The van der Waals surface area contributed by atoms with Gasteiger partial charge < -0.3 is 20.0 Å². The number of nitrogens with zero attached hydrogens (tertiary/aromatic N) is 4. The predicted octanol–water partition coefficient (Wildman–Crippen LogP) is 3.67. The normalized spacial score (nSPS) is 14.4. The number of rotatable bonds is 8. The molecule has 156 valence electrons. The molecule has 1 aliphatic rings. The number of likely N-dealkylation sites (tertiary alicyclic amines) is 1. The third-order valence-corrected chi connectivity index (χ3v) is 5.11. The molecule has 1 fully saturated rings. The summed E-state index contributed by atoms with van der Waals surface area (Å²) >= 11 is 0. The molecule has 4 rings (SSSR count). The minimum Gasteiger partial charge on any atom is -0.403 e. The summed E-state index contributed by atoms with van der Waals surface area (Å²) in [6.07, 6.45) is 8.19. The molecule has 0 aliphatic carbocycles. The van der Waals surface area contributed by atoms with Crippen LogP contribution in [0.3, 0.4) is 0 Å². The van der Waals surface area contributed by atoms with Crippen LogP contribution in [0.4, 0.5) is 11.7 Å². The zero-order valence-electron chi connectivity index (χ0n) is 16.9. The van der Waals surface area contributed by atoms with E-state index >= 15 is 0 Å². The number of hydrogen-bond acceptors (Lipinski definition) is 7. The monoisotopic (exact) mass is 406 g/mol. The van der Waals surface area contributed by atoms with Crippen LogP contribution in [0.15, 0.2) is 53.2 Å². The minimum absolute atomic E-state index is 0.204. The summed E-state index contributed by atoms with van der Waals surface area (Å²) in [5.74, 6) is 0.239. The highest BCUT2D eigenvalue weighted by Crippen LogP contribution is 2.22. The number of aromatic nitrogens is 3. The number of carbonyl (C=O) groups is 1. The van der Waals surface area contributed by atoms with Crippen molar-refractivity contribution in [1.82, 2.24) is 20.1 Å². The van der Waals surface area contributed by atoms with Crippen molar-refractivity contribution in [2.75, 3.05) is 36.8 Å². The number of amides is 1. The molecule has 2 N–H and O–H groups in total. The zero-order chi connectivity index (χ0) is 20.6. The number of anilines is 2. The van der Waals surface area contributed by atoms with Crippen LogP contribution in [0.2, 0.25) is 0 Å². The van der Waals surface area contributed by atoms with Crippen molar-refractivity contribution in [3.63, 3.8) is 0 Å². The van der Waals surface area contributed by atoms with Gasteiger partial charge in [0.2, 0.25) is 5.89 Å². The lowest BCUT2D eigenvalue weighted by Crippen LogP contribution is -2.31. The highest BCUT2D eigenvalue weighted by molar-refractivity contribution is 6.04. The van der Waals surface area contributed by atoms with Gasteiger partial charge in [-0.05, 0) is 75.3 Å². The molecule has 0 radical (unpaired) electrons. The average molecular weight is 406 g/mol. The van der Waals surface area contributed by atoms with Gasteiger partial charge in [-0.15, -0.1) is 5.10 Å². The lowest BCUT2D eigenvalue weighted by molar-refractivity contribution is 0.102. The smallest absolute Gasteiger partial charge is 0.315 e. The van der Waals surface area contributed by atoms with Gasteiger partial charge in [-0.1, -0.05) is 11.5 Å². The molecule has 8 nitrogen and oxygen atoms in total. The van der Waals surface area contributed by atoms with Crippen molar-refractivity contribution in [3.05, 3.63) is 54.4 Å². The van der Waals surface area contributed by atoms with Crippen molar-refractivity contribution < 1.29 is 9.21 Å². The van der Waals surface area contributed by atoms with Gasteiger partial charge in [0, 0.05) is 30.2 Å². The van der Waals surface area contributed by atoms with E-state index in [9.17, 15) is 4.79 Å². The van der Waals surface area contributed by atoms with Crippen molar-refractivity contribution >= 4 is 17.6 Å². The molecule has 30 heavy (non-hydrogen) atoms. The molecular formula is C22H26N6O2. The Balaban J connectivity index is 1.26. The van der Waals surface area contributed by atoms with Gasteiger partial charge in [0.15, 0.2) is 0 Å². The van der Waals surface area contributed by atoms with E-state index in [1.807, 2.05) is 12.1 Å². The third-order valence-electron chi connectivity index (χ3n) is 5.11. The lowest BCUT2D eigenvalue weighted by Gasteiger charge is -2.26. The number of piperidine rings is 1. The molecule has 0 bridgehead atoms. The van der Waals surface area contributed by atoms with Crippen molar-refractivity contribution in [2.45, 2.75) is 25.7 Å². The number of pyridine rings is 1. The number of carbonyl (C=O) groups excluding carboxylic acids is 1. The van der Waals surface area contributed by atoms with Crippen molar-refractivity contribution in [1.29, 1.82) is 0 Å². The first-order chi connectivity index (χ1) is 14.8. The molecule has 1 amide bonds. The minimum atomic E-state index is -0.204. The Kier molecular flexibility index (Phi) is 6.66. The van der Waals surface area contributed by atoms with E-state index < -0.39 is 0 Å². The Morgan fingerprint density at radius 1 is 1.07 bits per heavy atom. The first-order valence-electron chi connectivity index (χ1n) is 10.4. The maximum Gasteiger partial charge on any atom is 0.315 e. The average Bonchev–Trinajstić information content (AvgIpc) is 3.27. The van der Waals surface area contributed by atoms with E-state index in [0.29, 0.717) is 23.2 Å². The van der Waals surface area contributed by atoms with Crippen molar-refractivity contribution in [2.24, 2.45) is 0 Å². The molecule has 1 aliphatic heterocycles. The second-order valence-corrected chi connectivity index (χ2v) is 7.37. The van der Waals surface area contributed by atoms with Gasteiger partial charge in [0.1, 0.15) is 0 Å². The van der Waals surface area contributed by atoms with E-state index in [0.717, 1.165) is 25.1 Å². The summed E-state index contributed by atoms with van der Waals surface area (Å²) in [5.41, 5.74) is 1.99. The molecule has 1 saturated heterocycles. The maximum atomic E-state index is 12.2. The SMILES string of the molecule is O=C(Nc1ccc(-c2nnc(NCCCN3CCCCC3)o2)cc1)c1cccnc1. The van der Waals surface area contributed by atoms with Gasteiger partial charge in [0.25, 0.3) is 5.91 Å². The van der Waals surface area contributed by atoms with E-state index in [1.165, 1.54) is 38.5 Å². The molecule has 0 atom stereocenters. The molecule has 8 heteroatoms. The summed E-state index contributed by atoms with van der Waals surface area (Å²) < 4.78 is 5.71. The number of nitrogens with one attached hydrogen (secondary N) is 2. The highest BCUT2D eigenvalue weighted by Gasteiger charge is 2.11. The third kappa shape index (κ3) is 5.42.